The Morgan fingerprint density at radius 2 is 1.98 bits per heavy atom. The second kappa shape index (κ2) is 10.1. The summed E-state index contributed by atoms with van der Waals surface area (Å²) in [6, 6.07) is 12.7. The third-order valence-corrected chi connectivity index (χ3v) is 6.99. The number of anilines is 1. The Hall–Kier alpha value is -5.71. The van der Waals surface area contributed by atoms with Crippen molar-refractivity contribution in [3.63, 3.8) is 0 Å². The van der Waals surface area contributed by atoms with Crippen molar-refractivity contribution in [3.8, 4) is 17.2 Å². The van der Waals surface area contributed by atoms with E-state index in [-0.39, 0.29) is 31.0 Å². The first-order valence-electron chi connectivity index (χ1n) is 12.5. The molecule has 41 heavy (non-hydrogen) atoms. The first-order chi connectivity index (χ1) is 19.8. The number of aromatic nitrogens is 6. The Kier molecular flexibility index (Phi) is 6.31. The maximum Gasteiger partial charge on any atom is 0.269 e. The molecule has 1 aliphatic rings. The number of amides is 3. The fourth-order valence-corrected chi connectivity index (χ4v) is 5.03. The van der Waals surface area contributed by atoms with E-state index in [0.717, 1.165) is 16.0 Å². The van der Waals surface area contributed by atoms with Crippen LogP contribution in [-0.4, -0.2) is 71.6 Å². The molecule has 204 valence electrons. The van der Waals surface area contributed by atoms with E-state index < -0.39 is 29.9 Å². The average Bonchev–Trinajstić information content (AvgIpc) is 3.68. The number of rotatable bonds is 6. The smallest absolute Gasteiger partial charge is 0.269 e. The van der Waals surface area contributed by atoms with Crippen molar-refractivity contribution in [2.45, 2.75) is 25.2 Å². The molecule has 14 heteroatoms. The van der Waals surface area contributed by atoms with E-state index in [1.165, 1.54) is 10.9 Å². The summed E-state index contributed by atoms with van der Waals surface area (Å²) in [7, 11) is 0. The van der Waals surface area contributed by atoms with E-state index in [0.29, 0.717) is 27.4 Å². The minimum atomic E-state index is -1.41. The number of hydrogen-bond acceptors (Lipinski definition) is 8. The molecule has 0 spiro atoms. The Morgan fingerprint density at radius 3 is 2.73 bits per heavy atom. The Morgan fingerprint density at radius 1 is 1.12 bits per heavy atom. The zero-order valence-corrected chi connectivity index (χ0v) is 21.3. The van der Waals surface area contributed by atoms with Crippen molar-refractivity contribution in [1.82, 2.24) is 35.1 Å². The summed E-state index contributed by atoms with van der Waals surface area (Å²) in [4.78, 5) is 40.0. The SMILES string of the molecule is N#Cc1ccc2[nH]nc(NC(=O)C3CC(F)CN3C(=O)Cn3nc(C(N)=O)c4cc(-c5ccnnc5)ccc43)c2c1. The molecule has 2 atom stereocenters. The normalized spacial score (nSPS) is 16.6. The first kappa shape index (κ1) is 25.6. The van der Waals surface area contributed by atoms with Crippen LogP contribution >= 0.6 is 0 Å². The van der Waals surface area contributed by atoms with Gasteiger partial charge in [-0.25, -0.2) is 4.39 Å². The van der Waals surface area contributed by atoms with Crippen LogP contribution in [0.5, 0.6) is 0 Å². The molecule has 1 saturated heterocycles. The van der Waals surface area contributed by atoms with Crippen LogP contribution in [0.25, 0.3) is 32.9 Å². The maximum atomic E-state index is 14.6. The summed E-state index contributed by atoms with van der Waals surface area (Å²) in [5.74, 6) is -1.79. The summed E-state index contributed by atoms with van der Waals surface area (Å²) in [5, 5.41) is 31.5. The molecule has 4 heterocycles. The van der Waals surface area contributed by atoms with Crippen molar-refractivity contribution < 1.29 is 18.8 Å². The second-order valence-electron chi connectivity index (χ2n) is 9.56. The highest BCUT2D eigenvalue weighted by molar-refractivity contribution is 6.06. The first-order valence-corrected chi connectivity index (χ1v) is 12.5. The summed E-state index contributed by atoms with van der Waals surface area (Å²) >= 11 is 0. The van der Waals surface area contributed by atoms with Crippen LogP contribution in [0.1, 0.15) is 22.5 Å². The number of halogens is 1. The number of benzene rings is 2. The Balaban J connectivity index is 1.26. The number of fused-ring (bicyclic) bond motifs is 2. The highest BCUT2D eigenvalue weighted by Gasteiger charge is 2.40. The number of primary amides is 1. The lowest BCUT2D eigenvalue weighted by Crippen LogP contribution is -2.44. The van der Waals surface area contributed by atoms with Crippen LogP contribution in [0.4, 0.5) is 10.2 Å². The highest BCUT2D eigenvalue weighted by Crippen LogP contribution is 2.28. The molecule has 0 saturated carbocycles. The van der Waals surface area contributed by atoms with Gasteiger partial charge in [-0.2, -0.15) is 25.7 Å². The van der Waals surface area contributed by atoms with E-state index in [9.17, 15) is 24.0 Å². The van der Waals surface area contributed by atoms with Gasteiger partial charge in [0.05, 0.1) is 41.6 Å². The van der Waals surface area contributed by atoms with Gasteiger partial charge < -0.3 is 16.0 Å². The number of H-pyrrole nitrogens is 1. The van der Waals surface area contributed by atoms with Crippen LogP contribution in [0.15, 0.2) is 54.9 Å². The predicted octanol–water partition coefficient (Wildman–Crippen LogP) is 1.92. The molecule has 5 aromatic rings. The zero-order valence-electron chi connectivity index (χ0n) is 21.3. The number of carbonyl (C=O) groups excluding carboxylic acids is 3. The van der Waals surface area contributed by atoms with Crippen molar-refractivity contribution in [3.05, 3.63) is 66.1 Å². The Bertz CT molecular complexity index is 1880. The fourth-order valence-electron chi connectivity index (χ4n) is 5.03. The molecule has 2 aromatic carbocycles. The summed E-state index contributed by atoms with van der Waals surface area (Å²) in [6.45, 7) is -0.634. The number of nitrogens with two attached hydrogens (primary N) is 1. The highest BCUT2D eigenvalue weighted by atomic mass is 19.1. The summed E-state index contributed by atoms with van der Waals surface area (Å²) in [6.07, 6.45) is 1.50. The molecule has 3 amide bonds. The molecule has 1 aliphatic heterocycles. The molecule has 13 nitrogen and oxygen atoms in total. The molecular weight excluding hydrogens is 531 g/mol. The third-order valence-electron chi connectivity index (χ3n) is 6.99. The molecule has 4 N–H and O–H groups in total. The molecule has 2 unspecified atom stereocenters. The second-order valence-corrected chi connectivity index (χ2v) is 9.56. The number of hydrogen-bond donors (Lipinski definition) is 3. The largest absolute Gasteiger partial charge is 0.364 e. The van der Waals surface area contributed by atoms with E-state index in [1.807, 2.05) is 6.07 Å². The number of alkyl halides is 1. The monoisotopic (exact) mass is 552 g/mol. The van der Waals surface area contributed by atoms with Crippen LogP contribution < -0.4 is 11.1 Å². The molecule has 0 bridgehead atoms. The molecule has 1 fully saturated rings. The summed E-state index contributed by atoms with van der Waals surface area (Å²) < 4.78 is 15.9. The average molecular weight is 553 g/mol. The van der Waals surface area contributed by atoms with E-state index in [4.69, 9.17) is 5.73 Å². The number of nitriles is 1. The lowest BCUT2D eigenvalue weighted by Gasteiger charge is -2.23. The van der Waals surface area contributed by atoms with E-state index in [2.05, 4.69) is 30.8 Å². The van der Waals surface area contributed by atoms with Gasteiger partial charge in [0.1, 0.15) is 18.8 Å². The van der Waals surface area contributed by atoms with Gasteiger partial charge in [-0.3, -0.25) is 24.2 Å². The van der Waals surface area contributed by atoms with Gasteiger partial charge in [0.2, 0.25) is 11.8 Å². The zero-order chi connectivity index (χ0) is 28.7. The number of nitrogens with zero attached hydrogens (tertiary/aromatic N) is 7. The third kappa shape index (κ3) is 4.69. The van der Waals surface area contributed by atoms with Crippen molar-refractivity contribution in [2.75, 3.05) is 11.9 Å². The topological polar surface area (TPSA) is 189 Å². The Labute approximate surface area is 230 Å². The van der Waals surface area contributed by atoms with Crippen LogP contribution in [-0.2, 0) is 16.1 Å². The molecule has 0 radical (unpaired) electrons. The van der Waals surface area contributed by atoms with Gasteiger partial charge in [0, 0.05) is 22.8 Å². The predicted molar refractivity (Wildman–Crippen MR) is 144 cm³/mol. The van der Waals surface area contributed by atoms with Crippen molar-refractivity contribution in [2.24, 2.45) is 5.73 Å². The van der Waals surface area contributed by atoms with Gasteiger partial charge in [0.25, 0.3) is 5.91 Å². The molecule has 0 aliphatic carbocycles. The number of nitrogens with one attached hydrogen (secondary N) is 2. The number of aromatic amines is 1. The molecular formula is C27H21FN10O3. The number of carbonyl (C=O) groups is 3. The van der Waals surface area contributed by atoms with E-state index in [1.54, 1.807) is 48.7 Å². The lowest BCUT2D eigenvalue weighted by molar-refractivity contribution is -0.137. The van der Waals surface area contributed by atoms with Crippen LogP contribution in [0.2, 0.25) is 0 Å². The van der Waals surface area contributed by atoms with Gasteiger partial charge >= 0.3 is 0 Å². The van der Waals surface area contributed by atoms with Gasteiger partial charge in [-0.1, -0.05) is 6.07 Å². The maximum absolute atomic E-state index is 14.6. The lowest BCUT2D eigenvalue weighted by atomic mass is 10.0. The van der Waals surface area contributed by atoms with Crippen molar-refractivity contribution >= 4 is 45.3 Å². The molecule has 3 aromatic heterocycles. The molecule has 6 rings (SSSR count). The standard InChI is InChI=1S/C27H21FN10O3/c28-17-9-22(27(41)33-26-18-7-14(10-29)1-3-20(18)34-35-26)37(12-17)23(39)13-38-21-4-2-15(16-5-6-31-32-11-16)8-19(21)24(36-38)25(30)40/h1-8,11,17,22H,9,12-13H2,(H2,30,40)(H2,33,34,35,41). The quantitative estimate of drug-likeness (QED) is 0.285. The van der Waals surface area contributed by atoms with Gasteiger partial charge in [0.15, 0.2) is 11.5 Å². The van der Waals surface area contributed by atoms with Gasteiger partial charge in [-0.05, 0) is 42.0 Å². The van der Waals surface area contributed by atoms with Crippen LogP contribution in [0, 0.1) is 11.3 Å². The minimum Gasteiger partial charge on any atom is -0.364 e. The fraction of sp³-hybridized carbons (Fsp3) is 0.185. The van der Waals surface area contributed by atoms with Crippen LogP contribution in [0.3, 0.4) is 0 Å². The summed E-state index contributed by atoms with van der Waals surface area (Å²) in [5.41, 5.74) is 8.49. The van der Waals surface area contributed by atoms with E-state index >= 15 is 0 Å². The number of likely N-dealkylation sites (tertiary alicyclic amines) is 1. The van der Waals surface area contributed by atoms with Crippen molar-refractivity contribution in [1.29, 1.82) is 5.26 Å². The van der Waals surface area contributed by atoms with Gasteiger partial charge in [-0.15, -0.1) is 0 Å². The minimum absolute atomic E-state index is 0.0297.